The van der Waals surface area contributed by atoms with Gasteiger partial charge in [-0.05, 0) is 92.1 Å². The Labute approximate surface area is 576 Å². The van der Waals surface area contributed by atoms with Crippen LogP contribution in [0, 0.1) is 41.7 Å². The summed E-state index contributed by atoms with van der Waals surface area (Å²) in [6, 6.07) is 8.44. The first-order valence-electron chi connectivity index (χ1n) is 33.3. The highest BCUT2D eigenvalue weighted by atomic mass is 32.7. The normalized spacial score (nSPS) is 17.0. The topological polar surface area (TPSA) is 365 Å². The Morgan fingerprint density at radius 2 is 1.40 bits per heavy atom. The number of anilines is 1. The SMILES string of the molecule is C#CP(=O)(OCC)SCCNC(=O)CCC(=O)N[C@H](C(=O)N[C@@H](CCCNC(N)=O)C(=O)Nc1ccc(COC(=O)N(C)[C@H](C(=O)N[C@@H](C(=O)N(C)[C@H]([C@H](C)CC)[C@H](CC(=O)N2CCC[C@@H]2[C@@H](OC)[C@H](C)C(=O)N[C@@H](C)[C@H](O)c2ccccc2)OC)C(C)C)C(C)C)cc1)C(C)C. The maximum absolute atomic E-state index is 14.8. The highest BCUT2D eigenvalue weighted by molar-refractivity contribution is 8.58. The molecule has 3 rings (SSSR count). The third kappa shape index (κ3) is 26.5. The number of nitrogens with one attached hydrogen (secondary N) is 7. The second kappa shape index (κ2) is 41.9. The van der Waals surface area contributed by atoms with Crippen LogP contribution >= 0.6 is 18.0 Å². The molecule has 2 aromatic rings. The number of amides is 11. The van der Waals surface area contributed by atoms with Crippen LogP contribution in [0.3, 0.4) is 0 Å². The van der Waals surface area contributed by atoms with Gasteiger partial charge in [-0.3, -0.25) is 47.8 Å². The van der Waals surface area contributed by atoms with Crippen molar-refractivity contribution in [3.05, 3.63) is 65.7 Å². The lowest BCUT2D eigenvalue weighted by atomic mass is 9.89. The van der Waals surface area contributed by atoms with Gasteiger partial charge < -0.3 is 76.6 Å². The van der Waals surface area contributed by atoms with Gasteiger partial charge in [0.05, 0.1) is 55.4 Å². The van der Waals surface area contributed by atoms with Crippen molar-refractivity contribution in [3.8, 4) is 12.1 Å². The molecule has 0 aliphatic carbocycles. The molecular weight excluding hydrogens is 1290 g/mol. The number of urea groups is 1. The summed E-state index contributed by atoms with van der Waals surface area (Å²) in [5.74, 6) is -5.97. The Kier molecular flexibility index (Phi) is 36.2. The van der Waals surface area contributed by atoms with E-state index in [1.54, 1.807) is 116 Å². The number of benzene rings is 2. The number of nitrogens with zero attached hydrogens (tertiary/aromatic N) is 3. The molecule has 1 fully saturated rings. The van der Waals surface area contributed by atoms with E-state index in [-0.39, 0.29) is 81.9 Å². The van der Waals surface area contributed by atoms with Crippen molar-refractivity contribution >= 4 is 83.0 Å². The molecule has 1 aliphatic heterocycles. The van der Waals surface area contributed by atoms with Gasteiger partial charge in [0.1, 0.15) is 30.8 Å². The Morgan fingerprint density at radius 3 is 1.97 bits per heavy atom. The first kappa shape index (κ1) is 83.9. The van der Waals surface area contributed by atoms with Crippen LogP contribution < -0.4 is 43.0 Å². The average molecular weight is 1400 g/mol. The van der Waals surface area contributed by atoms with Crippen LogP contribution in [-0.2, 0) is 68.3 Å². The molecule has 542 valence electrons. The zero-order valence-corrected chi connectivity index (χ0v) is 60.9. The molecule has 2 aromatic carbocycles. The molecule has 0 bridgehead atoms. The van der Waals surface area contributed by atoms with Gasteiger partial charge in [-0.25, -0.2) is 9.59 Å². The molecule has 11 amide bonds. The summed E-state index contributed by atoms with van der Waals surface area (Å²) in [5.41, 5.74) is 8.87. The monoisotopic (exact) mass is 1400 g/mol. The number of terminal acetylenes is 1. The molecule has 0 aromatic heterocycles. The Bertz CT molecular complexity index is 2990. The van der Waals surface area contributed by atoms with Gasteiger partial charge in [0.15, 0.2) is 0 Å². The number of hydrogen-bond acceptors (Lipinski definition) is 17. The molecule has 0 radical (unpaired) electrons. The van der Waals surface area contributed by atoms with E-state index in [0.29, 0.717) is 42.6 Å². The van der Waals surface area contributed by atoms with Crippen molar-refractivity contribution in [2.75, 3.05) is 65.6 Å². The molecule has 27 nitrogen and oxygen atoms in total. The van der Waals surface area contributed by atoms with Gasteiger partial charge in [0.25, 0.3) is 0 Å². The molecule has 10 N–H and O–H groups in total. The number of primary amides is 1. The second-order valence-electron chi connectivity index (χ2n) is 25.5. The van der Waals surface area contributed by atoms with Crippen molar-refractivity contribution in [1.29, 1.82) is 0 Å². The number of aliphatic hydroxyl groups is 1. The van der Waals surface area contributed by atoms with Crippen LogP contribution in [0.2, 0.25) is 0 Å². The summed E-state index contributed by atoms with van der Waals surface area (Å²) in [5, 5.41) is 30.0. The van der Waals surface area contributed by atoms with Crippen LogP contribution in [0.4, 0.5) is 15.3 Å². The highest BCUT2D eigenvalue weighted by Gasteiger charge is 2.44. The summed E-state index contributed by atoms with van der Waals surface area (Å²) in [6.07, 6.45) is 3.66. The number of carbonyl (C=O) groups is 10. The molecule has 1 heterocycles. The summed E-state index contributed by atoms with van der Waals surface area (Å²) < 4.78 is 35.3. The van der Waals surface area contributed by atoms with Crippen molar-refractivity contribution in [2.45, 2.75) is 195 Å². The number of methoxy groups -OCH3 is 2. The second-order valence-corrected chi connectivity index (χ2v) is 29.9. The maximum Gasteiger partial charge on any atom is 0.410 e. The maximum atomic E-state index is 14.8. The molecule has 0 saturated carbocycles. The van der Waals surface area contributed by atoms with Crippen LogP contribution in [0.1, 0.15) is 145 Å². The Balaban J connectivity index is 1.68. The van der Waals surface area contributed by atoms with Crippen LogP contribution in [0.5, 0.6) is 0 Å². The summed E-state index contributed by atoms with van der Waals surface area (Å²) in [4.78, 5) is 140. The van der Waals surface area contributed by atoms with Crippen LogP contribution in [0.25, 0.3) is 0 Å². The first-order chi connectivity index (χ1) is 45.8. The zero-order chi connectivity index (χ0) is 72.9. The van der Waals surface area contributed by atoms with E-state index < -0.39 is 138 Å². The van der Waals surface area contributed by atoms with E-state index in [9.17, 15) is 57.6 Å². The van der Waals surface area contributed by atoms with Gasteiger partial charge in [0, 0.05) is 72.2 Å². The fourth-order valence-electron chi connectivity index (χ4n) is 11.6. The van der Waals surface area contributed by atoms with Gasteiger partial charge in [-0.15, -0.1) is 6.42 Å². The molecule has 1 aliphatic rings. The average Bonchev–Trinajstić information content (AvgIpc) is 1.56. The fraction of sp³-hybridized carbons (Fsp3) is 0.647. The number of likely N-dealkylation sites (N-methyl/N-ethyl adjacent to an activating group) is 2. The summed E-state index contributed by atoms with van der Waals surface area (Å²) in [7, 11) is 6.06. The molecular formula is C68H108N11O16PS. The predicted molar refractivity (Wildman–Crippen MR) is 372 cm³/mol. The number of nitrogens with two attached hydrogens (primary N) is 1. The first-order valence-corrected chi connectivity index (χ1v) is 36.5. The number of rotatable bonds is 41. The minimum atomic E-state index is -3.32. The van der Waals surface area contributed by atoms with Gasteiger partial charge in [0.2, 0.25) is 47.3 Å². The lowest BCUT2D eigenvalue weighted by molar-refractivity contribution is -0.148. The van der Waals surface area contributed by atoms with E-state index in [0.717, 1.165) is 16.3 Å². The van der Waals surface area contributed by atoms with Gasteiger partial charge in [-0.2, -0.15) is 0 Å². The smallest absolute Gasteiger partial charge is 0.410 e. The summed E-state index contributed by atoms with van der Waals surface area (Å²) >= 11 is 0.916. The minimum absolute atomic E-state index is 0.0447. The number of hydrogen-bond donors (Lipinski definition) is 9. The van der Waals surface area contributed by atoms with Crippen LogP contribution in [0.15, 0.2) is 54.6 Å². The zero-order valence-electron chi connectivity index (χ0n) is 59.2. The number of likely N-dealkylation sites (tertiary alicyclic amines) is 1. The van der Waals surface area contributed by atoms with E-state index in [1.165, 1.54) is 21.3 Å². The number of carbonyl (C=O) groups excluding carboxylic acids is 10. The highest BCUT2D eigenvalue weighted by Crippen LogP contribution is 2.58. The number of ether oxygens (including phenoxy) is 3. The van der Waals surface area contributed by atoms with Crippen molar-refractivity contribution in [1.82, 2.24) is 46.6 Å². The molecule has 13 atom stereocenters. The lowest BCUT2D eigenvalue weighted by Crippen LogP contribution is -2.60. The minimum Gasteiger partial charge on any atom is -0.445 e. The van der Waals surface area contributed by atoms with E-state index in [4.69, 9.17) is 30.9 Å². The molecule has 1 unspecified atom stereocenters. The van der Waals surface area contributed by atoms with E-state index >= 15 is 0 Å². The fourth-order valence-corrected chi connectivity index (χ4v) is 14.4. The molecule has 0 spiro atoms. The van der Waals surface area contributed by atoms with Crippen LogP contribution in [-0.4, -0.2) is 194 Å². The standard InChI is InChI=1S/C68H108N11O16PS/c1-17-44(10)59(52(92-15)39-55(82)79-37-24-28-51(79)61(93-16)45(11)62(84)72-46(12)60(83)48-25-21-20-22-26-48)77(13)66(88)57(42(6)7)76-65(87)58(43(8)9)78(14)68(90)94-40-47-29-31-49(32-30-47)73-63(85)50(27-23-35-71-67(69)89)74-64(86)56(41(4)5)75-54(81)34-33-53(80)70-36-38-97-96(91,19-3)95-18-2/h3,20-22,25-26,29-32,41-46,50-52,56-61,83H,17-18,23-24,27-28,33-40H2,1-2,4-16H3,(H,70,80)(H,72,84)(H,73,85)(H,74,86)(H,75,81)(H,76,87)(H3,69,71,89)/t44-,45+,46+,50+,51-,52+,56+,57-,58+,59-,60+,61+,96?/m1/s1. The molecule has 1 saturated heterocycles. The Hall–Kier alpha value is -7.28. The van der Waals surface area contributed by atoms with Crippen molar-refractivity contribution in [3.63, 3.8) is 0 Å². The van der Waals surface area contributed by atoms with Crippen molar-refractivity contribution < 1.29 is 76.4 Å². The third-order valence-corrected chi connectivity index (χ3v) is 21.1. The molecule has 97 heavy (non-hydrogen) atoms. The van der Waals surface area contributed by atoms with E-state index in [1.807, 2.05) is 32.0 Å². The van der Waals surface area contributed by atoms with Gasteiger partial charge >= 0.3 is 18.7 Å². The Morgan fingerprint density at radius 1 is 0.763 bits per heavy atom. The lowest BCUT2D eigenvalue weighted by Gasteiger charge is -2.41. The van der Waals surface area contributed by atoms with Crippen molar-refractivity contribution in [2.24, 2.45) is 35.3 Å². The third-order valence-electron chi connectivity index (χ3n) is 17.3. The van der Waals surface area contributed by atoms with E-state index in [2.05, 4.69) is 42.9 Å². The molecule has 29 heteroatoms. The predicted octanol–water partition coefficient (Wildman–Crippen LogP) is 6.04. The summed E-state index contributed by atoms with van der Waals surface area (Å²) in [6.45, 7) is 16.8. The largest absolute Gasteiger partial charge is 0.445 e. The quantitative estimate of drug-likeness (QED) is 0.0208. The number of aliphatic hydroxyl groups excluding tert-OH is 1. The van der Waals surface area contributed by atoms with Gasteiger partial charge in [-0.1, -0.05) is 123 Å².